The highest BCUT2D eigenvalue weighted by molar-refractivity contribution is 5.96. The van der Waals surface area contributed by atoms with Gasteiger partial charge in [-0.2, -0.15) is 13.2 Å². The van der Waals surface area contributed by atoms with Crippen LogP contribution in [0.4, 0.5) is 23.7 Å². The minimum atomic E-state index is -4.59. The molecule has 4 rings (SSSR count). The molecule has 3 aromatic rings. The van der Waals surface area contributed by atoms with Gasteiger partial charge in [0.1, 0.15) is 0 Å². The molecule has 1 fully saturated rings. The van der Waals surface area contributed by atoms with Crippen molar-refractivity contribution >= 4 is 17.7 Å². The maximum atomic E-state index is 13.3. The monoisotopic (exact) mass is 512 g/mol. The number of piperazine rings is 1. The van der Waals surface area contributed by atoms with Crippen LogP contribution in [0, 0.1) is 0 Å². The number of anilines is 1. The van der Waals surface area contributed by atoms with Gasteiger partial charge in [-0.3, -0.25) is 4.79 Å². The zero-order chi connectivity index (χ0) is 26.3. The number of hydrogen-bond donors (Lipinski definition) is 1. The molecular formula is C27H27F3N4O3. The van der Waals surface area contributed by atoms with Gasteiger partial charge in [0.15, 0.2) is 0 Å². The fourth-order valence-corrected chi connectivity index (χ4v) is 4.13. The largest absolute Gasteiger partial charge is 0.417 e. The zero-order valence-electron chi connectivity index (χ0n) is 20.1. The van der Waals surface area contributed by atoms with Crippen LogP contribution in [0.3, 0.4) is 0 Å². The number of nitrogens with zero attached hydrogens (tertiary/aromatic N) is 3. The molecule has 0 unspecified atom stereocenters. The van der Waals surface area contributed by atoms with Crippen molar-refractivity contribution in [3.05, 3.63) is 89.6 Å². The maximum absolute atomic E-state index is 13.3. The molecule has 0 bridgehead atoms. The van der Waals surface area contributed by atoms with E-state index in [1.807, 2.05) is 35.2 Å². The van der Waals surface area contributed by atoms with Gasteiger partial charge in [0.2, 0.25) is 5.88 Å². The molecule has 7 nitrogen and oxygen atoms in total. The van der Waals surface area contributed by atoms with Gasteiger partial charge in [0, 0.05) is 38.8 Å². The number of hydrogen-bond acceptors (Lipinski definition) is 5. The Bertz CT molecular complexity index is 1200. The summed E-state index contributed by atoms with van der Waals surface area (Å²) in [5, 5.41) is 2.70. The summed E-state index contributed by atoms with van der Waals surface area (Å²) in [7, 11) is 0. The predicted molar refractivity (Wildman–Crippen MR) is 133 cm³/mol. The Hall–Kier alpha value is -4.08. The molecule has 0 atom stereocenters. The molecule has 194 valence electrons. The fourth-order valence-electron chi connectivity index (χ4n) is 4.13. The maximum Gasteiger partial charge on any atom is 0.417 e. The number of alkyl halides is 3. The molecule has 1 aromatic heterocycles. The summed E-state index contributed by atoms with van der Waals surface area (Å²) in [6.07, 6.45) is -1.99. The Balaban J connectivity index is 1.23. The van der Waals surface area contributed by atoms with Gasteiger partial charge in [0.25, 0.3) is 5.91 Å². The van der Waals surface area contributed by atoms with Crippen molar-refractivity contribution in [3.63, 3.8) is 0 Å². The highest BCUT2D eigenvalue weighted by atomic mass is 19.4. The van der Waals surface area contributed by atoms with Crippen LogP contribution >= 0.6 is 0 Å². The Kier molecular flexibility index (Phi) is 8.27. The summed E-state index contributed by atoms with van der Waals surface area (Å²) >= 11 is 0. The van der Waals surface area contributed by atoms with Crippen molar-refractivity contribution in [2.45, 2.75) is 19.0 Å². The smallest absolute Gasteiger partial charge is 0.391 e. The molecule has 0 spiro atoms. The number of nitrogens with one attached hydrogen (secondary N) is 1. The average Bonchev–Trinajstić information content (AvgIpc) is 2.91. The summed E-state index contributed by atoms with van der Waals surface area (Å²) in [5.41, 5.74) is 0.692. The van der Waals surface area contributed by atoms with Crippen LogP contribution in [0.5, 0.6) is 5.88 Å². The highest BCUT2D eigenvalue weighted by Gasteiger charge is 2.36. The van der Waals surface area contributed by atoms with E-state index in [1.54, 1.807) is 18.3 Å². The van der Waals surface area contributed by atoms with Crippen molar-refractivity contribution in [2.75, 3.05) is 37.6 Å². The first-order valence-corrected chi connectivity index (χ1v) is 12.0. The summed E-state index contributed by atoms with van der Waals surface area (Å²) in [6.45, 7) is 1.89. The van der Waals surface area contributed by atoms with E-state index in [9.17, 15) is 22.8 Å². The van der Waals surface area contributed by atoms with E-state index in [4.69, 9.17) is 4.74 Å². The van der Waals surface area contributed by atoms with Crippen molar-refractivity contribution < 1.29 is 27.5 Å². The van der Waals surface area contributed by atoms with E-state index in [2.05, 4.69) is 10.3 Å². The molecule has 0 radical (unpaired) electrons. The second-order valence-corrected chi connectivity index (χ2v) is 8.58. The molecule has 1 N–H and O–H groups in total. The van der Waals surface area contributed by atoms with E-state index in [0.717, 1.165) is 24.6 Å². The average molecular weight is 513 g/mol. The molecule has 37 heavy (non-hydrogen) atoms. The topological polar surface area (TPSA) is 74.8 Å². The lowest BCUT2D eigenvalue weighted by molar-refractivity contribution is -0.138. The van der Waals surface area contributed by atoms with Gasteiger partial charge in [-0.05, 0) is 36.6 Å². The van der Waals surface area contributed by atoms with Gasteiger partial charge in [-0.1, -0.05) is 42.5 Å². The third-order valence-corrected chi connectivity index (χ3v) is 6.07. The third-order valence-electron chi connectivity index (χ3n) is 6.07. The van der Waals surface area contributed by atoms with E-state index < -0.39 is 23.7 Å². The van der Waals surface area contributed by atoms with Gasteiger partial charge in [-0.25, -0.2) is 9.78 Å². The molecule has 2 aromatic carbocycles. The first-order chi connectivity index (χ1) is 17.8. The molecule has 1 aliphatic heterocycles. The highest BCUT2D eigenvalue weighted by Crippen LogP contribution is 2.32. The van der Waals surface area contributed by atoms with E-state index in [1.165, 1.54) is 28.7 Å². The first kappa shape index (κ1) is 26.0. The number of amides is 2. The molecule has 0 aliphatic carbocycles. The number of carbonyl (C=O) groups is 2. The van der Waals surface area contributed by atoms with Crippen LogP contribution in [0.25, 0.3) is 0 Å². The summed E-state index contributed by atoms with van der Waals surface area (Å²) in [6, 6.07) is 18.1. The molecule has 10 heteroatoms. The minimum Gasteiger partial charge on any atom is -0.391 e. The number of aromatic nitrogens is 1. The molecule has 0 saturated carbocycles. The molecule has 1 saturated heterocycles. The number of carbonyl (C=O) groups excluding carboxylic acids is 2. The number of ether oxygens (including phenoxy) is 1. The van der Waals surface area contributed by atoms with Crippen LogP contribution in [-0.4, -0.2) is 54.6 Å². The van der Waals surface area contributed by atoms with E-state index in [-0.39, 0.29) is 24.5 Å². The second kappa shape index (κ2) is 11.8. The standard InChI is InChI=1S/C27H27F3N4O3/c28-27(29,30)23-11-5-4-10-22(23)25(35)34-17-15-33(16-18-34)21-12-13-24(32-19-21)37-26(36)31-14-6-9-20-7-2-1-3-8-20/h1-5,7-8,10-13,19H,6,9,14-18H2,(H,31,36). The molecule has 2 amide bonds. The number of pyridine rings is 1. The van der Waals surface area contributed by atoms with Gasteiger partial charge >= 0.3 is 12.3 Å². The lowest BCUT2D eigenvalue weighted by Crippen LogP contribution is -2.49. The predicted octanol–water partition coefficient (Wildman–Crippen LogP) is 4.78. The number of rotatable bonds is 7. The van der Waals surface area contributed by atoms with Crippen LogP contribution in [0.2, 0.25) is 0 Å². The van der Waals surface area contributed by atoms with Crippen LogP contribution in [-0.2, 0) is 12.6 Å². The molecule has 2 heterocycles. The van der Waals surface area contributed by atoms with Gasteiger partial charge in [-0.15, -0.1) is 0 Å². The summed E-state index contributed by atoms with van der Waals surface area (Å²) < 4.78 is 45.1. The van der Waals surface area contributed by atoms with Gasteiger partial charge < -0.3 is 19.9 Å². The third kappa shape index (κ3) is 6.99. The van der Waals surface area contributed by atoms with E-state index in [0.29, 0.717) is 19.6 Å². The number of aryl methyl sites for hydroxylation is 1. The minimum absolute atomic E-state index is 0.155. The molecule has 1 aliphatic rings. The Morgan fingerprint density at radius 1 is 0.919 bits per heavy atom. The number of benzene rings is 2. The van der Waals surface area contributed by atoms with E-state index >= 15 is 0 Å². The summed E-state index contributed by atoms with van der Waals surface area (Å²) in [5.74, 6) is -0.480. The summed E-state index contributed by atoms with van der Waals surface area (Å²) in [4.78, 5) is 32.4. The Morgan fingerprint density at radius 2 is 1.62 bits per heavy atom. The lowest BCUT2D eigenvalue weighted by atomic mass is 10.1. The van der Waals surface area contributed by atoms with Crippen LogP contribution in [0.15, 0.2) is 72.9 Å². The zero-order valence-corrected chi connectivity index (χ0v) is 20.1. The SMILES string of the molecule is O=C(NCCCc1ccccc1)Oc1ccc(N2CCN(C(=O)c3ccccc3C(F)(F)F)CC2)cn1. The van der Waals surface area contributed by atoms with Gasteiger partial charge in [0.05, 0.1) is 23.0 Å². The van der Waals surface area contributed by atoms with Crippen molar-refractivity contribution in [2.24, 2.45) is 0 Å². The van der Waals surface area contributed by atoms with Crippen LogP contribution < -0.4 is 15.0 Å². The number of halogens is 3. The Labute approximate surface area is 212 Å². The second-order valence-electron chi connectivity index (χ2n) is 8.58. The fraction of sp³-hybridized carbons (Fsp3) is 0.296. The first-order valence-electron chi connectivity index (χ1n) is 12.0. The van der Waals surface area contributed by atoms with Crippen molar-refractivity contribution in [1.82, 2.24) is 15.2 Å². The Morgan fingerprint density at radius 3 is 2.30 bits per heavy atom. The normalized spacial score (nSPS) is 13.8. The quantitative estimate of drug-likeness (QED) is 0.461. The lowest BCUT2D eigenvalue weighted by Gasteiger charge is -2.36. The molecular weight excluding hydrogens is 485 g/mol. The van der Waals surface area contributed by atoms with Crippen molar-refractivity contribution in [3.8, 4) is 5.88 Å². The van der Waals surface area contributed by atoms with Crippen molar-refractivity contribution in [1.29, 1.82) is 0 Å². The van der Waals surface area contributed by atoms with Crippen LogP contribution in [0.1, 0.15) is 27.9 Å².